The van der Waals surface area contributed by atoms with E-state index in [4.69, 9.17) is 4.74 Å². The molecule has 1 saturated heterocycles. The first-order valence-corrected chi connectivity index (χ1v) is 8.24. The fourth-order valence-corrected chi connectivity index (χ4v) is 2.72. The summed E-state index contributed by atoms with van der Waals surface area (Å²) in [4.78, 5) is 14.5. The Morgan fingerprint density at radius 3 is 2.75 bits per heavy atom. The second-order valence-corrected chi connectivity index (χ2v) is 6.78. The Bertz CT molecular complexity index is 562. The Balaban J connectivity index is 2.09. The van der Waals surface area contributed by atoms with Gasteiger partial charge in [-0.15, -0.1) is 0 Å². The van der Waals surface area contributed by atoms with Crippen molar-refractivity contribution in [2.75, 3.05) is 26.7 Å². The number of carbonyl (C=O) groups excluding carboxylic acids is 1. The molecule has 0 bridgehead atoms. The van der Waals surface area contributed by atoms with Crippen molar-refractivity contribution in [1.29, 1.82) is 0 Å². The number of nitrogens with zero attached hydrogens (tertiary/aromatic N) is 3. The quantitative estimate of drug-likeness (QED) is 0.857. The number of ether oxygens (including phenoxy) is 1. The highest BCUT2D eigenvalue weighted by molar-refractivity contribution is 5.94. The van der Waals surface area contributed by atoms with E-state index in [1.54, 1.807) is 0 Å². The van der Waals surface area contributed by atoms with Crippen molar-refractivity contribution in [2.24, 2.45) is 5.92 Å². The van der Waals surface area contributed by atoms with Gasteiger partial charge in [-0.25, -0.2) is 8.78 Å². The van der Waals surface area contributed by atoms with E-state index in [0.717, 1.165) is 6.54 Å². The third kappa shape index (κ3) is 4.73. The van der Waals surface area contributed by atoms with Gasteiger partial charge in [-0.05, 0) is 19.9 Å². The maximum atomic E-state index is 13.2. The van der Waals surface area contributed by atoms with E-state index in [2.05, 4.69) is 15.3 Å². The average molecular weight is 344 g/mol. The normalized spacial score (nSPS) is 20.6. The second kappa shape index (κ2) is 8.02. The average Bonchev–Trinajstić information content (AvgIpc) is 2.90. The van der Waals surface area contributed by atoms with Gasteiger partial charge < -0.3 is 15.0 Å². The van der Waals surface area contributed by atoms with Crippen LogP contribution in [0.15, 0.2) is 6.20 Å². The lowest BCUT2D eigenvalue weighted by Crippen LogP contribution is -2.51. The summed E-state index contributed by atoms with van der Waals surface area (Å²) in [5.41, 5.74) is -0.538. The molecule has 1 aliphatic heterocycles. The lowest BCUT2D eigenvalue weighted by molar-refractivity contribution is -0.0342. The predicted octanol–water partition coefficient (Wildman–Crippen LogP) is 1.93. The van der Waals surface area contributed by atoms with Crippen LogP contribution in [0.2, 0.25) is 0 Å². The first-order valence-electron chi connectivity index (χ1n) is 8.24. The minimum atomic E-state index is -2.74. The largest absolute Gasteiger partial charge is 0.373 e. The molecule has 136 valence electrons. The Morgan fingerprint density at radius 1 is 1.46 bits per heavy atom. The highest BCUT2D eigenvalue weighted by Crippen LogP contribution is 2.23. The molecule has 8 heteroatoms. The van der Waals surface area contributed by atoms with Crippen LogP contribution in [-0.2, 0) is 11.3 Å². The number of aromatic nitrogens is 2. The van der Waals surface area contributed by atoms with Gasteiger partial charge >= 0.3 is 0 Å². The molecule has 1 aromatic rings. The first-order chi connectivity index (χ1) is 11.3. The van der Waals surface area contributed by atoms with Crippen molar-refractivity contribution >= 4 is 5.91 Å². The van der Waals surface area contributed by atoms with Crippen LogP contribution >= 0.6 is 0 Å². The standard InChI is InChI=1S/C16H26F2N4O2/c1-10(2)7-22-8-12(15(17)18)14(20-22)16(23)19-11(3)13-9-21(4)5-6-24-13/h8,10-11,13,15H,5-7,9H2,1-4H3,(H,19,23)/t11-,13+/m0/s1. The van der Waals surface area contributed by atoms with Gasteiger partial charge in [0.1, 0.15) is 0 Å². The van der Waals surface area contributed by atoms with Crippen LogP contribution < -0.4 is 5.32 Å². The zero-order valence-electron chi connectivity index (χ0n) is 14.6. The van der Waals surface area contributed by atoms with Crippen LogP contribution in [0.5, 0.6) is 0 Å². The molecule has 1 aromatic heterocycles. The number of alkyl halides is 2. The van der Waals surface area contributed by atoms with Crippen LogP contribution in [0.25, 0.3) is 0 Å². The molecule has 2 atom stereocenters. The van der Waals surface area contributed by atoms with E-state index in [0.29, 0.717) is 19.7 Å². The van der Waals surface area contributed by atoms with E-state index < -0.39 is 12.3 Å². The van der Waals surface area contributed by atoms with Gasteiger partial charge in [0.05, 0.1) is 24.3 Å². The molecule has 2 heterocycles. The lowest BCUT2D eigenvalue weighted by Gasteiger charge is -2.33. The number of carbonyl (C=O) groups is 1. The molecular weight excluding hydrogens is 318 g/mol. The Hall–Kier alpha value is -1.54. The van der Waals surface area contributed by atoms with Gasteiger partial charge in [0.25, 0.3) is 12.3 Å². The van der Waals surface area contributed by atoms with E-state index in [-0.39, 0.29) is 29.3 Å². The first kappa shape index (κ1) is 18.8. The smallest absolute Gasteiger partial charge is 0.272 e. The molecule has 1 N–H and O–H groups in total. The van der Waals surface area contributed by atoms with Crippen molar-refractivity contribution in [3.63, 3.8) is 0 Å². The minimum Gasteiger partial charge on any atom is -0.373 e. The molecule has 2 rings (SSSR count). The highest BCUT2D eigenvalue weighted by atomic mass is 19.3. The summed E-state index contributed by atoms with van der Waals surface area (Å²) in [6, 6.07) is -0.291. The molecule has 0 unspecified atom stereocenters. The number of amides is 1. The second-order valence-electron chi connectivity index (χ2n) is 6.78. The Labute approximate surface area is 141 Å². The molecule has 1 fully saturated rings. The molecule has 0 saturated carbocycles. The number of nitrogens with one attached hydrogen (secondary N) is 1. The summed E-state index contributed by atoms with van der Waals surface area (Å²) >= 11 is 0. The van der Waals surface area contributed by atoms with Crippen molar-refractivity contribution < 1.29 is 18.3 Å². The van der Waals surface area contributed by atoms with Gasteiger partial charge in [0.15, 0.2) is 5.69 Å². The molecule has 0 aliphatic carbocycles. The topological polar surface area (TPSA) is 59.4 Å². The Morgan fingerprint density at radius 2 is 2.17 bits per heavy atom. The molecular formula is C16H26F2N4O2. The zero-order chi connectivity index (χ0) is 17.9. The van der Waals surface area contributed by atoms with Crippen molar-refractivity contribution in [1.82, 2.24) is 20.0 Å². The van der Waals surface area contributed by atoms with Crippen molar-refractivity contribution in [2.45, 2.75) is 45.9 Å². The third-order valence-corrected chi connectivity index (χ3v) is 4.01. The van der Waals surface area contributed by atoms with Crippen LogP contribution in [0, 0.1) is 5.92 Å². The molecule has 6 nitrogen and oxygen atoms in total. The minimum absolute atomic E-state index is 0.166. The maximum Gasteiger partial charge on any atom is 0.272 e. The van der Waals surface area contributed by atoms with Crippen molar-refractivity contribution in [3.05, 3.63) is 17.5 Å². The maximum absolute atomic E-state index is 13.2. The summed E-state index contributed by atoms with van der Waals surface area (Å²) in [5.74, 6) is -0.339. The third-order valence-electron chi connectivity index (χ3n) is 4.01. The number of hydrogen-bond acceptors (Lipinski definition) is 4. The monoisotopic (exact) mass is 344 g/mol. The number of rotatable bonds is 6. The summed E-state index contributed by atoms with van der Waals surface area (Å²) < 4.78 is 33.5. The Kier molecular flexibility index (Phi) is 6.28. The van der Waals surface area contributed by atoms with E-state index >= 15 is 0 Å². The lowest BCUT2D eigenvalue weighted by atomic mass is 10.1. The molecule has 24 heavy (non-hydrogen) atoms. The van der Waals surface area contributed by atoms with E-state index in [1.165, 1.54) is 10.9 Å². The van der Waals surface area contributed by atoms with E-state index in [1.807, 2.05) is 27.8 Å². The number of halogens is 2. The number of likely N-dealkylation sites (N-methyl/N-ethyl adjacent to an activating group) is 1. The molecule has 0 aromatic carbocycles. The van der Waals surface area contributed by atoms with Crippen LogP contribution in [0.4, 0.5) is 8.78 Å². The zero-order valence-corrected chi connectivity index (χ0v) is 14.6. The molecule has 0 radical (unpaired) electrons. The van der Waals surface area contributed by atoms with Crippen LogP contribution in [0.3, 0.4) is 0 Å². The van der Waals surface area contributed by atoms with Crippen LogP contribution in [0.1, 0.15) is 43.2 Å². The molecule has 1 aliphatic rings. The fraction of sp³-hybridized carbons (Fsp3) is 0.750. The fourth-order valence-electron chi connectivity index (χ4n) is 2.72. The van der Waals surface area contributed by atoms with Gasteiger partial charge in [-0.1, -0.05) is 13.8 Å². The predicted molar refractivity (Wildman–Crippen MR) is 86.2 cm³/mol. The van der Waals surface area contributed by atoms with Gasteiger partial charge in [-0.3, -0.25) is 9.48 Å². The van der Waals surface area contributed by atoms with Gasteiger partial charge in [0, 0.05) is 25.8 Å². The summed E-state index contributed by atoms with van der Waals surface area (Å²) in [7, 11) is 1.98. The van der Waals surface area contributed by atoms with E-state index in [9.17, 15) is 13.6 Å². The molecule has 1 amide bonds. The van der Waals surface area contributed by atoms with Crippen molar-refractivity contribution in [3.8, 4) is 0 Å². The molecule has 0 spiro atoms. The highest BCUT2D eigenvalue weighted by Gasteiger charge is 2.28. The van der Waals surface area contributed by atoms with Crippen LogP contribution in [-0.4, -0.2) is 59.5 Å². The SMILES string of the molecule is CC(C)Cn1cc(C(F)F)c(C(=O)N[C@@H](C)[C@H]2CN(C)CCO2)n1. The number of morpholine rings is 1. The summed E-state index contributed by atoms with van der Waals surface area (Å²) in [6.07, 6.45) is -1.64. The summed E-state index contributed by atoms with van der Waals surface area (Å²) in [5, 5.41) is 6.81. The summed E-state index contributed by atoms with van der Waals surface area (Å²) in [6.45, 7) is 8.34. The van der Waals surface area contributed by atoms with Gasteiger partial charge in [-0.2, -0.15) is 5.10 Å². The van der Waals surface area contributed by atoms with Gasteiger partial charge in [0.2, 0.25) is 0 Å². The number of hydrogen-bond donors (Lipinski definition) is 1.